The van der Waals surface area contributed by atoms with Gasteiger partial charge in [-0.25, -0.2) is 0 Å². The third-order valence-electron chi connectivity index (χ3n) is 3.72. The Kier molecular flexibility index (Phi) is 5.67. The first kappa shape index (κ1) is 16.0. The number of rotatable bonds is 5. The second-order valence-corrected chi connectivity index (χ2v) is 11.5. The first-order chi connectivity index (χ1) is 9.46. The minimum absolute atomic E-state index is 0.373. The molecule has 0 spiro atoms. The molecule has 1 saturated carbocycles. The van der Waals surface area contributed by atoms with Crippen LogP contribution in [0, 0.1) is 0 Å². The normalized spacial score (nSPS) is 23.8. The zero-order valence-corrected chi connectivity index (χ0v) is 14.5. The van der Waals surface area contributed by atoms with Crippen molar-refractivity contribution in [3.63, 3.8) is 0 Å². The fourth-order valence-electron chi connectivity index (χ4n) is 2.81. The summed E-state index contributed by atoms with van der Waals surface area (Å²) in [6.45, 7) is 7.64. The van der Waals surface area contributed by atoms with Crippen LogP contribution in [0.3, 0.4) is 0 Å². The lowest BCUT2D eigenvalue weighted by Crippen LogP contribution is -2.47. The highest BCUT2D eigenvalue weighted by Gasteiger charge is 2.29. The van der Waals surface area contributed by atoms with E-state index in [0.29, 0.717) is 12.1 Å². The summed E-state index contributed by atoms with van der Waals surface area (Å²) < 4.78 is 6.35. The zero-order valence-electron chi connectivity index (χ0n) is 12.8. The molecule has 1 aliphatic rings. The molecule has 2 nitrogen and oxygen atoms in total. The Labute approximate surface area is 129 Å². The molecule has 1 aromatic carbocycles. The monoisotopic (exact) mass is 311 g/mol. The molecule has 1 aliphatic carbocycles. The quantitative estimate of drug-likeness (QED) is 0.803. The maximum Gasteiger partial charge on any atom is 0.184 e. The standard InChI is InChI=1S/C16H26ClNOSi/c1-20(2,3)19-16-11-7-6-10-15(16)18-12-13-8-4-5-9-14(13)17/h4-5,8-9,15-16,18H,6-7,10-12H2,1-3H3/t15-,16-/m0/s1. The summed E-state index contributed by atoms with van der Waals surface area (Å²) in [6.07, 6.45) is 5.35. The SMILES string of the molecule is C[Si](C)(C)O[C@H]1CCCC[C@@H]1NCc1ccccc1Cl. The third-order valence-corrected chi connectivity index (χ3v) is 5.10. The van der Waals surface area contributed by atoms with Gasteiger partial charge in [0.15, 0.2) is 8.32 Å². The summed E-state index contributed by atoms with van der Waals surface area (Å²) in [5, 5.41) is 4.51. The fourth-order valence-corrected chi connectivity index (χ4v) is 4.20. The van der Waals surface area contributed by atoms with Crippen LogP contribution in [0.2, 0.25) is 24.7 Å². The molecule has 1 fully saturated rings. The van der Waals surface area contributed by atoms with Gasteiger partial charge in [-0.1, -0.05) is 42.6 Å². The van der Waals surface area contributed by atoms with Gasteiger partial charge in [-0.2, -0.15) is 0 Å². The van der Waals surface area contributed by atoms with Crippen molar-refractivity contribution < 1.29 is 4.43 Å². The van der Waals surface area contributed by atoms with Crippen molar-refractivity contribution in [2.75, 3.05) is 0 Å². The van der Waals surface area contributed by atoms with Gasteiger partial charge in [0.2, 0.25) is 0 Å². The lowest BCUT2D eigenvalue weighted by molar-refractivity contribution is 0.106. The number of hydrogen-bond donors (Lipinski definition) is 1. The second-order valence-electron chi connectivity index (χ2n) is 6.63. The Hall–Kier alpha value is -0.353. The van der Waals surface area contributed by atoms with Gasteiger partial charge in [-0.15, -0.1) is 0 Å². The second kappa shape index (κ2) is 7.08. The molecular formula is C16H26ClNOSi. The highest BCUT2D eigenvalue weighted by molar-refractivity contribution is 6.69. The fraction of sp³-hybridized carbons (Fsp3) is 0.625. The number of halogens is 1. The van der Waals surface area contributed by atoms with E-state index in [-0.39, 0.29) is 0 Å². The van der Waals surface area contributed by atoms with Crippen molar-refractivity contribution in [2.45, 2.75) is 64.0 Å². The van der Waals surface area contributed by atoms with Crippen LogP contribution < -0.4 is 5.32 Å². The van der Waals surface area contributed by atoms with Gasteiger partial charge < -0.3 is 9.74 Å². The van der Waals surface area contributed by atoms with Crippen LogP contribution in [-0.4, -0.2) is 20.5 Å². The van der Waals surface area contributed by atoms with Crippen molar-refractivity contribution >= 4 is 19.9 Å². The molecular weight excluding hydrogens is 286 g/mol. The van der Waals surface area contributed by atoms with Crippen LogP contribution in [0.15, 0.2) is 24.3 Å². The van der Waals surface area contributed by atoms with Crippen molar-refractivity contribution in [3.8, 4) is 0 Å². The Bertz CT molecular complexity index is 433. The molecule has 0 bridgehead atoms. The van der Waals surface area contributed by atoms with Gasteiger partial charge in [0.25, 0.3) is 0 Å². The average Bonchev–Trinajstić information content (AvgIpc) is 2.37. The predicted octanol–water partition coefficient (Wildman–Crippen LogP) is 4.59. The molecule has 0 radical (unpaired) electrons. The van der Waals surface area contributed by atoms with Crippen molar-refractivity contribution in [2.24, 2.45) is 0 Å². The third kappa shape index (κ3) is 4.88. The largest absolute Gasteiger partial charge is 0.413 e. The minimum atomic E-state index is -1.47. The zero-order chi connectivity index (χ0) is 14.6. The summed E-state index contributed by atoms with van der Waals surface area (Å²) in [5.74, 6) is 0. The van der Waals surface area contributed by atoms with E-state index in [1.165, 1.54) is 31.2 Å². The van der Waals surface area contributed by atoms with E-state index in [0.717, 1.165) is 11.6 Å². The molecule has 0 heterocycles. The molecule has 0 aromatic heterocycles. The minimum Gasteiger partial charge on any atom is -0.413 e. The summed E-state index contributed by atoms with van der Waals surface area (Å²) in [4.78, 5) is 0. The van der Waals surface area contributed by atoms with E-state index >= 15 is 0 Å². The van der Waals surface area contributed by atoms with Crippen LogP contribution in [0.25, 0.3) is 0 Å². The molecule has 1 aromatic rings. The van der Waals surface area contributed by atoms with Gasteiger partial charge in [0.05, 0.1) is 6.10 Å². The Morgan fingerprint density at radius 3 is 2.60 bits per heavy atom. The molecule has 0 aliphatic heterocycles. The van der Waals surface area contributed by atoms with Crippen LogP contribution in [0.1, 0.15) is 31.2 Å². The molecule has 2 rings (SSSR count). The lowest BCUT2D eigenvalue weighted by atomic mass is 9.92. The first-order valence-electron chi connectivity index (χ1n) is 7.60. The molecule has 0 amide bonds. The van der Waals surface area contributed by atoms with E-state index in [1.54, 1.807) is 0 Å². The van der Waals surface area contributed by atoms with Gasteiger partial charge in [0.1, 0.15) is 0 Å². The Morgan fingerprint density at radius 1 is 1.20 bits per heavy atom. The van der Waals surface area contributed by atoms with Crippen LogP contribution in [0.4, 0.5) is 0 Å². The summed E-state index contributed by atoms with van der Waals surface area (Å²) in [6, 6.07) is 8.53. The summed E-state index contributed by atoms with van der Waals surface area (Å²) in [5.41, 5.74) is 1.17. The van der Waals surface area contributed by atoms with E-state index in [9.17, 15) is 0 Å². The number of nitrogens with one attached hydrogen (secondary N) is 1. The van der Waals surface area contributed by atoms with Crippen molar-refractivity contribution in [1.29, 1.82) is 0 Å². The molecule has 20 heavy (non-hydrogen) atoms. The molecule has 112 valence electrons. The van der Waals surface area contributed by atoms with Crippen molar-refractivity contribution in [1.82, 2.24) is 5.32 Å². The van der Waals surface area contributed by atoms with E-state index in [4.69, 9.17) is 16.0 Å². The van der Waals surface area contributed by atoms with Crippen LogP contribution in [0.5, 0.6) is 0 Å². The molecule has 0 unspecified atom stereocenters. The Morgan fingerprint density at radius 2 is 1.90 bits per heavy atom. The maximum absolute atomic E-state index is 6.35. The van der Waals surface area contributed by atoms with Gasteiger partial charge in [-0.3, -0.25) is 0 Å². The first-order valence-corrected chi connectivity index (χ1v) is 11.4. The smallest absolute Gasteiger partial charge is 0.184 e. The molecule has 0 saturated heterocycles. The average molecular weight is 312 g/mol. The highest BCUT2D eigenvalue weighted by Crippen LogP contribution is 2.25. The predicted molar refractivity (Wildman–Crippen MR) is 88.8 cm³/mol. The number of hydrogen-bond acceptors (Lipinski definition) is 2. The van der Waals surface area contributed by atoms with E-state index < -0.39 is 8.32 Å². The van der Waals surface area contributed by atoms with Crippen LogP contribution in [-0.2, 0) is 11.0 Å². The van der Waals surface area contributed by atoms with Gasteiger partial charge in [0, 0.05) is 17.6 Å². The van der Waals surface area contributed by atoms with Gasteiger partial charge in [-0.05, 0) is 44.1 Å². The molecule has 4 heteroatoms. The van der Waals surface area contributed by atoms with E-state index in [1.807, 2.05) is 18.2 Å². The molecule has 2 atom stereocenters. The van der Waals surface area contributed by atoms with Crippen molar-refractivity contribution in [3.05, 3.63) is 34.9 Å². The van der Waals surface area contributed by atoms with Crippen LogP contribution >= 0.6 is 11.6 Å². The number of benzene rings is 1. The summed E-state index contributed by atoms with van der Waals surface area (Å²) >= 11 is 6.22. The maximum atomic E-state index is 6.35. The molecule has 1 N–H and O–H groups in total. The van der Waals surface area contributed by atoms with Gasteiger partial charge >= 0.3 is 0 Å². The highest BCUT2D eigenvalue weighted by atomic mass is 35.5. The lowest BCUT2D eigenvalue weighted by Gasteiger charge is -2.36. The Balaban J connectivity index is 1.94. The summed E-state index contributed by atoms with van der Waals surface area (Å²) in [7, 11) is -1.47. The van der Waals surface area contributed by atoms with E-state index in [2.05, 4.69) is 31.0 Å². The topological polar surface area (TPSA) is 21.3 Å².